The van der Waals surface area contributed by atoms with E-state index in [9.17, 15) is 9.59 Å². The monoisotopic (exact) mass is 260 g/mol. The molecule has 18 heavy (non-hydrogen) atoms. The molecule has 0 aliphatic rings. The van der Waals surface area contributed by atoms with E-state index in [4.69, 9.17) is 4.74 Å². The summed E-state index contributed by atoms with van der Waals surface area (Å²) in [4.78, 5) is 26.6. The molecule has 0 saturated heterocycles. The van der Waals surface area contributed by atoms with Crippen LogP contribution in [0.2, 0.25) is 0 Å². The van der Waals surface area contributed by atoms with Crippen molar-refractivity contribution in [3.63, 3.8) is 0 Å². The molecule has 0 unspecified atom stereocenters. The molecule has 0 aromatic rings. The molecule has 0 aliphatic carbocycles. The van der Waals surface area contributed by atoms with E-state index in [1.54, 1.807) is 16.9 Å². The van der Waals surface area contributed by atoms with Gasteiger partial charge in [-0.25, -0.2) is 4.79 Å². The van der Waals surface area contributed by atoms with Gasteiger partial charge in [0.15, 0.2) is 0 Å². The van der Waals surface area contributed by atoms with Crippen LogP contribution in [-0.2, 0) is 14.3 Å². The fraction of sp³-hybridized carbons (Fsp3) is 0.833. The fourth-order valence-corrected chi connectivity index (χ4v) is 1.53. The molecule has 0 radical (unpaired) electrons. The van der Waals surface area contributed by atoms with Crippen LogP contribution in [0, 0.1) is 0 Å². The van der Waals surface area contributed by atoms with Crippen LogP contribution in [0.3, 0.4) is 0 Å². The van der Waals surface area contributed by atoms with Crippen LogP contribution >= 0.6 is 0 Å². The Morgan fingerprint density at radius 2 is 1.61 bits per heavy atom. The Kier molecular flexibility index (Phi) is 9.00. The molecule has 2 amide bonds. The summed E-state index contributed by atoms with van der Waals surface area (Å²) in [7, 11) is 2.93. The van der Waals surface area contributed by atoms with Gasteiger partial charge < -0.3 is 19.3 Å². The Hall–Kier alpha value is -1.30. The van der Waals surface area contributed by atoms with Crippen molar-refractivity contribution in [3.05, 3.63) is 0 Å². The first kappa shape index (κ1) is 16.7. The average molecular weight is 260 g/mol. The maximum Gasteiger partial charge on any atom is 0.320 e. The van der Waals surface area contributed by atoms with E-state index in [1.807, 2.05) is 13.8 Å². The summed E-state index contributed by atoms with van der Waals surface area (Å²) in [5.41, 5.74) is 0. The molecule has 0 fully saturated rings. The zero-order valence-electron chi connectivity index (χ0n) is 11.8. The molecule has 0 spiro atoms. The van der Waals surface area contributed by atoms with E-state index in [1.165, 1.54) is 7.11 Å². The molecule has 6 heteroatoms. The molecular formula is C12H24N2O4. The number of ether oxygens (including phenoxy) is 2. The number of rotatable bonds is 8. The Morgan fingerprint density at radius 3 is 2.06 bits per heavy atom. The zero-order chi connectivity index (χ0) is 14.0. The van der Waals surface area contributed by atoms with E-state index in [-0.39, 0.29) is 18.4 Å². The summed E-state index contributed by atoms with van der Waals surface area (Å²) < 4.78 is 9.55. The van der Waals surface area contributed by atoms with Crippen molar-refractivity contribution in [1.82, 2.24) is 9.80 Å². The lowest BCUT2D eigenvalue weighted by Gasteiger charge is -2.28. The first-order valence-electron chi connectivity index (χ1n) is 6.20. The number of carbonyl (C=O) groups excluding carboxylic acids is 2. The molecule has 106 valence electrons. The van der Waals surface area contributed by atoms with Crippen LogP contribution in [0.25, 0.3) is 0 Å². The van der Waals surface area contributed by atoms with Gasteiger partial charge >= 0.3 is 12.0 Å². The lowest BCUT2D eigenvalue weighted by atomic mass is 10.3. The molecule has 0 N–H and O–H groups in total. The number of esters is 1. The minimum atomic E-state index is -0.315. The predicted octanol–water partition coefficient (Wildman–Crippen LogP) is 0.960. The van der Waals surface area contributed by atoms with Crippen LogP contribution < -0.4 is 0 Å². The van der Waals surface area contributed by atoms with Crippen molar-refractivity contribution < 1.29 is 19.1 Å². The Bertz CT molecular complexity index is 254. The third kappa shape index (κ3) is 5.86. The number of urea groups is 1. The van der Waals surface area contributed by atoms with Gasteiger partial charge in [-0.3, -0.25) is 4.79 Å². The van der Waals surface area contributed by atoms with Crippen molar-refractivity contribution in [1.29, 1.82) is 0 Å². The van der Waals surface area contributed by atoms with Gasteiger partial charge in [0, 0.05) is 33.3 Å². The highest BCUT2D eigenvalue weighted by Gasteiger charge is 2.19. The van der Waals surface area contributed by atoms with Crippen LogP contribution in [0.1, 0.15) is 20.3 Å². The quantitative estimate of drug-likeness (QED) is 0.610. The molecule has 6 nitrogen and oxygen atoms in total. The van der Waals surface area contributed by atoms with Crippen molar-refractivity contribution in [2.75, 3.05) is 47.0 Å². The van der Waals surface area contributed by atoms with Crippen LogP contribution in [0.15, 0.2) is 0 Å². The highest BCUT2D eigenvalue weighted by atomic mass is 16.5. The summed E-state index contributed by atoms with van der Waals surface area (Å²) in [5.74, 6) is -0.315. The van der Waals surface area contributed by atoms with Gasteiger partial charge in [-0.2, -0.15) is 0 Å². The first-order valence-corrected chi connectivity index (χ1v) is 6.20. The summed E-state index contributed by atoms with van der Waals surface area (Å²) in [5, 5.41) is 0. The van der Waals surface area contributed by atoms with Crippen LogP contribution in [-0.4, -0.2) is 68.8 Å². The van der Waals surface area contributed by atoms with E-state index in [0.29, 0.717) is 32.8 Å². The average Bonchev–Trinajstić information content (AvgIpc) is 2.39. The number of hydrogen-bond donors (Lipinski definition) is 0. The smallest absolute Gasteiger partial charge is 0.320 e. The second-order valence-electron chi connectivity index (χ2n) is 3.76. The first-order chi connectivity index (χ1) is 8.60. The fourth-order valence-electron chi connectivity index (χ4n) is 1.53. The SMILES string of the molecule is CCN(CC)C(=O)N(CCOC)CCC(=O)OC. The number of methoxy groups -OCH3 is 2. The van der Waals surface area contributed by atoms with Gasteiger partial charge in [-0.1, -0.05) is 0 Å². The Morgan fingerprint density at radius 1 is 1.00 bits per heavy atom. The van der Waals surface area contributed by atoms with Gasteiger partial charge in [0.1, 0.15) is 0 Å². The Balaban J connectivity index is 4.45. The topological polar surface area (TPSA) is 59.1 Å². The van der Waals surface area contributed by atoms with Crippen molar-refractivity contribution in [2.24, 2.45) is 0 Å². The van der Waals surface area contributed by atoms with Crippen molar-refractivity contribution >= 4 is 12.0 Å². The van der Waals surface area contributed by atoms with E-state index >= 15 is 0 Å². The highest BCUT2D eigenvalue weighted by Crippen LogP contribution is 2.01. The summed E-state index contributed by atoms with van der Waals surface area (Å²) in [6.07, 6.45) is 0.202. The van der Waals surface area contributed by atoms with E-state index < -0.39 is 0 Å². The second-order valence-corrected chi connectivity index (χ2v) is 3.76. The third-order valence-electron chi connectivity index (χ3n) is 2.68. The van der Waals surface area contributed by atoms with E-state index in [0.717, 1.165) is 0 Å². The lowest BCUT2D eigenvalue weighted by Crippen LogP contribution is -2.45. The lowest BCUT2D eigenvalue weighted by molar-refractivity contribution is -0.140. The molecule has 0 atom stereocenters. The van der Waals surface area contributed by atoms with Crippen LogP contribution in [0.4, 0.5) is 4.79 Å². The summed E-state index contributed by atoms with van der Waals surface area (Å²) in [6.45, 7) is 6.43. The molecule has 0 saturated carbocycles. The molecule has 0 heterocycles. The molecule has 0 rings (SSSR count). The normalized spacial score (nSPS) is 10.0. The summed E-state index contributed by atoms with van der Waals surface area (Å²) in [6, 6.07) is -0.0686. The minimum Gasteiger partial charge on any atom is -0.469 e. The van der Waals surface area contributed by atoms with Crippen molar-refractivity contribution in [3.8, 4) is 0 Å². The molecule has 0 bridgehead atoms. The van der Waals surface area contributed by atoms with Gasteiger partial charge in [-0.15, -0.1) is 0 Å². The zero-order valence-corrected chi connectivity index (χ0v) is 11.8. The van der Waals surface area contributed by atoms with Crippen LogP contribution in [0.5, 0.6) is 0 Å². The predicted molar refractivity (Wildman–Crippen MR) is 68.4 cm³/mol. The second kappa shape index (κ2) is 9.70. The van der Waals surface area contributed by atoms with Gasteiger partial charge in [0.25, 0.3) is 0 Å². The largest absolute Gasteiger partial charge is 0.469 e. The van der Waals surface area contributed by atoms with Gasteiger partial charge in [-0.05, 0) is 13.8 Å². The number of carbonyl (C=O) groups is 2. The number of nitrogens with zero attached hydrogens (tertiary/aromatic N) is 2. The number of hydrogen-bond acceptors (Lipinski definition) is 4. The standard InChI is InChI=1S/C12H24N2O4/c1-5-13(6-2)12(16)14(9-10-17-3)8-7-11(15)18-4/h5-10H2,1-4H3. The molecule has 0 aliphatic heterocycles. The minimum absolute atomic E-state index is 0.0686. The molecular weight excluding hydrogens is 236 g/mol. The third-order valence-corrected chi connectivity index (χ3v) is 2.68. The highest BCUT2D eigenvalue weighted by molar-refractivity contribution is 5.75. The molecule has 0 aromatic heterocycles. The van der Waals surface area contributed by atoms with E-state index in [2.05, 4.69) is 4.74 Å². The Labute approximate surface area is 109 Å². The molecule has 0 aromatic carbocycles. The maximum atomic E-state index is 12.2. The van der Waals surface area contributed by atoms with Crippen molar-refractivity contribution in [2.45, 2.75) is 20.3 Å². The summed E-state index contributed by atoms with van der Waals surface area (Å²) >= 11 is 0. The maximum absolute atomic E-state index is 12.2. The van der Waals surface area contributed by atoms with Gasteiger partial charge in [0.2, 0.25) is 0 Å². The number of amides is 2. The van der Waals surface area contributed by atoms with Gasteiger partial charge in [0.05, 0.1) is 20.1 Å².